The van der Waals surface area contributed by atoms with Gasteiger partial charge in [-0.1, -0.05) is 41.9 Å². The molecule has 0 fully saturated rings. The van der Waals surface area contributed by atoms with E-state index in [2.05, 4.69) is 5.32 Å². The number of hydrogen-bond donors (Lipinski definition) is 1. The third-order valence-corrected chi connectivity index (χ3v) is 4.49. The normalized spacial score (nSPS) is 13.6. The molecule has 2 aromatic carbocycles. The fraction of sp³-hybridized carbons (Fsp3) is 0.250. The molecule has 1 heterocycles. The summed E-state index contributed by atoms with van der Waals surface area (Å²) in [5.41, 5.74) is 0.939. The number of nitrogens with one attached hydrogen (secondary N) is 1. The van der Waals surface area contributed by atoms with Crippen LogP contribution in [0.15, 0.2) is 59.0 Å². The van der Waals surface area contributed by atoms with Crippen molar-refractivity contribution in [2.45, 2.75) is 25.4 Å². The van der Waals surface area contributed by atoms with Crippen molar-refractivity contribution in [2.75, 3.05) is 7.11 Å². The van der Waals surface area contributed by atoms with Gasteiger partial charge in [0, 0.05) is 23.4 Å². The van der Waals surface area contributed by atoms with E-state index in [1.54, 1.807) is 0 Å². The zero-order valence-electron chi connectivity index (χ0n) is 14.2. The number of para-hydroxylation sites is 1. The first-order chi connectivity index (χ1) is 12.0. The van der Waals surface area contributed by atoms with Crippen molar-refractivity contribution in [1.29, 1.82) is 0 Å². The van der Waals surface area contributed by atoms with Crippen LogP contribution in [0.25, 0.3) is 11.0 Å². The maximum absolute atomic E-state index is 12.4. The van der Waals surface area contributed by atoms with Gasteiger partial charge in [0.25, 0.3) is 0 Å². The molecular formula is C20H20ClNO3. The number of fused-ring (bicyclic) bond motifs is 1. The van der Waals surface area contributed by atoms with Gasteiger partial charge in [-0.2, -0.15) is 0 Å². The zero-order chi connectivity index (χ0) is 17.9. The van der Waals surface area contributed by atoms with Crippen LogP contribution in [-0.4, -0.2) is 18.6 Å². The highest BCUT2D eigenvalue weighted by molar-refractivity contribution is 6.30. The van der Waals surface area contributed by atoms with E-state index in [1.165, 1.54) is 7.11 Å². The van der Waals surface area contributed by atoms with Gasteiger partial charge in [0.15, 0.2) is 0 Å². The number of benzene rings is 2. The zero-order valence-corrected chi connectivity index (χ0v) is 15.0. The van der Waals surface area contributed by atoms with Crippen LogP contribution >= 0.6 is 11.6 Å². The van der Waals surface area contributed by atoms with Gasteiger partial charge in [-0.05, 0) is 36.8 Å². The minimum Gasteiger partial charge on any atom is -0.468 e. The molecule has 5 heteroatoms. The van der Waals surface area contributed by atoms with Gasteiger partial charge in [-0.15, -0.1) is 0 Å². The molecular weight excluding hydrogens is 338 g/mol. The van der Waals surface area contributed by atoms with Crippen molar-refractivity contribution in [2.24, 2.45) is 0 Å². The summed E-state index contributed by atoms with van der Waals surface area (Å²) in [4.78, 5) is 12.4. The monoisotopic (exact) mass is 357 g/mol. The Kier molecular flexibility index (Phi) is 5.11. The average molecular weight is 358 g/mol. The molecule has 0 saturated carbocycles. The summed E-state index contributed by atoms with van der Waals surface area (Å²) < 4.78 is 10.9. The lowest BCUT2D eigenvalue weighted by Crippen LogP contribution is -2.51. The molecule has 25 heavy (non-hydrogen) atoms. The predicted octanol–water partition coefficient (Wildman–Crippen LogP) is 4.35. The van der Waals surface area contributed by atoms with E-state index >= 15 is 0 Å². The number of furan rings is 1. The molecule has 0 aliphatic carbocycles. The van der Waals surface area contributed by atoms with E-state index in [9.17, 15) is 4.79 Å². The number of halogens is 1. The van der Waals surface area contributed by atoms with Crippen molar-refractivity contribution in [3.8, 4) is 0 Å². The Balaban J connectivity index is 1.79. The maximum Gasteiger partial charge on any atom is 0.326 e. The third-order valence-electron chi connectivity index (χ3n) is 4.24. The Morgan fingerprint density at radius 1 is 1.20 bits per heavy atom. The van der Waals surface area contributed by atoms with Gasteiger partial charge in [0.2, 0.25) is 0 Å². The van der Waals surface area contributed by atoms with Crippen molar-refractivity contribution in [3.63, 3.8) is 0 Å². The number of ether oxygens (including phenoxy) is 1. The van der Waals surface area contributed by atoms with Crippen LogP contribution in [0.1, 0.15) is 18.2 Å². The fourth-order valence-electron chi connectivity index (χ4n) is 2.80. The second kappa shape index (κ2) is 7.30. The number of rotatable bonds is 6. The van der Waals surface area contributed by atoms with E-state index < -0.39 is 5.54 Å². The molecule has 3 rings (SSSR count). The van der Waals surface area contributed by atoms with Gasteiger partial charge in [-0.25, -0.2) is 0 Å². The Hall–Kier alpha value is -2.30. The quantitative estimate of drug-likeness (QED) is 0.666. The first-order valence-corrected chi connectivity index (χ1v) is 8.43. The van der Waals surface area contributed by atoms with Crippen molar-refractivity contribution in [3.05, 3.63) is 70.9 Å². The van der Waals surface area contributed by atoms with Gasteiger partial charge >= 0.3 is 5.97 Å². The molecule has 0 aliphatic heterocycles. The molecule has 0 aliphatic rings. The van der Waals surface area contributed by atoms with Gasteiger partial charge in [0.1, 0.15) is 16.9 Å². The number of methoxy groups -OCH3 is 1. The first kappa shape index (κ1) is 17.5. The molecule has 1 aromatic heterocycles. The number of carbonyl (C=O) groups is 1. The van der Waals surface area contributed by atoms with E-state index in [1.807, 2.05) is 61.5 Å². The van der Waals surface area contributed by atoms with Crippen LogP contribution in [-0.2, 0) is 22.5 Å². The van der Waals surface area contributed by atoms with Crippen LogP contribution in [0, 0.1) is 0 Å². The summed E-state index contributed by atoms with van der Waals surface area (Å²) in [5.74, 6) is 0.402. The molecule has 0 bridgehead atoms. The predicted molar refractivity (Wildman–Crippen MR) is 98.6 cm³/mol. The lowest BCUT2D eigenvalue weighted by molar-refractivity contribution is -0.148. The summed E-state index contributed by atoms with van der Waals surface area (Å²) in [6.45, 7) is 2.34. The largest absolute Gasteiger partial charge is 0.468 e. The van der Waals surface area contributed by atoms with E-state index in [0.717, 1.165) is 22.3 Å². The molecule has 0 radical (unpaired) electrons. The van der Waals surface area contributed by atoms with Crippen molar-refractivity contribution in [1.82, 2.24) is 5.32 Å². The molecule has 1 atom stereocenters. The maximum atomic E-state index is 12.4. The fourth-order valence-corrected chi connectivity index (χ4v) is 2.93. The van der Waals surface area contributed by atoms with Crippen LogP contribution in [0.3, 0.4) is 0 Å². The first-order valence-electron chi connectivity index (χ1n) is 8.05. The molecule has 0 saturated heterocycles. The highest BCUT2D eigenvalue weighted by atomic mass is 35.5. The van der Waals surface area contributed by atoms with Crippen LogP contribution in [0.4, 0.5) is 0 Å². The SMILES string of the molecule is COC(=O)[C@](C)(Cc1cc2ccccc2o1)NCc1ccc(Cl)cc1. The molecule has 0 unspecified atom stereocenters. The van der Waals surface area contributed by atoms with Crippen molar-refractivity contribution < 1.29 is 13.9 Å². The van der Waals surface area contributed by atoms with Gasteiger partial charge < -0.3 is 9.15 Å². The second-order valence-electron chi connectivity index (χ2n) is 6.23. The van der Waals surface area contributed by atoms with E-state index in [-0.39, 0.29) is 5.97 Å². The van der Waals surface area contributed by atoms with E-state index in [4.69, 9.17) is 20.8 Å². The summed E-state index contributed by atoms with van der Waals surface area (Å²) in [7, 11) is 1.39. The standard InChI is InChI=1S/C20H20ClNO3/c1-20(19(23)24-2,22-13-14-7-9-16(21)10-8-14)12-17-11-15-5-3-4-6-18(15)25-17/h3-11,22H,12-13H2,1-2H3/t20-/m0/s1. The van der Waals surface area contributed by atoms with Gasteiger partial charge in [0.05, 0.1) is 7.11 Å². The molecule has 0 spiro atoms. The van der Waals surface area contributed by atoms with E-state index in [0.29, 0.717) is 18.0 Å². The number of hydrogen-bond acceptors (Lipinski definition) is 4. The minimum atomic E-state index is -0.901. The van der Waals surface area contributed by atoms with Crippen molar-refractivity contribution >= 4 is 28.5 Å². The second-order valence-corrected chi connectivity index (χ2v) is 6.67. The topological polar surface area (TPSA) is 51.5 Å². The van der Waals surface area contributed by atoms with Crippen LogP contribution in [0.2, 0.25) is 5.02 Å². The molecule has 130 valence electrons. The summed E-state index contributed by atoms with van der Waals surface area (Å²) >= 11 is 5.91. The number of esters is 1. The number of carbonyl (C=O) groups excluding carboxylic acids is 1. The molecule has 1 N–H and O–H groups in total. The Bertz CT molecular complexity index is 839. The molecule has 4 nitrogen and oxygen atoms in total. The minimum absolute atomic E-state index is 0.332. The highest BCUT2D eigenvalue weighted by Gasteiger charge is 2.35. The lowest BCUT2D eigenvalue weighted by Gasteiger charge is -2.27. The molecule has 0 amide bonds. The summed E-state index contributed by atoms with van der Waals surface area (Å²) in [5, 5.41) is 5.00. The summed E-state index contributed by atoms with van der Waals surface area (Å²) in [6.07, 6.45) is 0.391. The molecule has 3 aromatic rings. The van der Waals surface area contributed by atoms with Crippen LogP contribution < -0.4 is 5.32 Å². The average Bonchev–Trinajstić information content (AvgIpc) is 3.02. The third kappa shape index (κ3) is 4.03. The Labute approximate surface area is 151 Å². The highest BCUT2D eigenvalue weighted by Crippen LogP contribution is 2.23. The Morgan fingerprint density at radius 2 is 1.92 bits per heavy atom. The summed E-state index contributed by atoms with van der Waals surface area (Å²) in [6, 6.07) is 17.2. The smallest absolute Gasteiger partial charge is 0.326 e. The van der Waals surface area contributed by atoms with Gasteiger partial charge in [-0.3, -0.25) is 10.1 Å². The lowest BCUT2D eigenvalue weighted by atomic mass is 9.95. The Morgan fingerprint density at radius 3 is 2.60 bits per heavy atom. The van der Waals surface area contributed by atoms with Crippen LogP contribution in [0.5, 0.6) is 0 Å².